The van der Waals surface area contributed by atoms with E-state index in [1.807, 2.05) is 26.0 Å². The summed E-state index contributed by atoms with van der Waals surface area (Å²) >= 11 is 1.71. The van der Waals surface area contributed by atoms with Crippen LogP contribution in [0.4, 0.5) is 0 Å². The highest BCUT2D eigenvalue weighted by atomic mass is 32.1. The average molecular weight is 310 g/mol. The first-order valence-corrected chi connectivity index (χ1v) is 7.81. The summed E-state index contributed by atoms with van der Waals surface area (Å²) in [4.78, 5) is 15.4. The third-order valence-electron chi connectivity index (χ3n) is 3.55. The van der Waals surface area contributed by atoms with E-state index in [1.54, 1.807) is 11.3 Å². The average Bonchev–Trinajstić information content (AvgIpc) is 3.10. The molecule has 0 atom stereocenters. The van der Waals surface area contributed by atoms with Gasteiger partial charge in [-0.3, -0.25) is 4.79 Å². The minimum absolute atomic E-state index is 0.110. The summed E-state index contributed by atoms with van der Waals surface area (Å²) in [6.07, 6.45) is 10.6. The highest BCUT2D eigenvalue weighted by Crippen LogP contribution is 2.20. The molecule has 22 heavy (non-hydrogen) atoms. The van der Waals surface area contributed by atoms with Crippen LogP contribution in [0.15, 0.2) is 23.6 Å². The van der Waals surface area contributed by atoms with Gasteiger partial charge in [0.15, 0.2) is 0 Å². The first-order chi connectivity index (χ1) is 10.6. The number of hydrogen-bond donors (Lipinski definition) is 0. The van der Waals surface area contributed by atoms with Crippen molar-refractivity contribution >= 4 is 17.2 Å². The Kier molecular flexibility index (Phi) is 5.09. The van der Waals surface area contributed by atoms with Crippen LogP contribution < -0.4 is 0 Å². The molecule has 0 spiro atoms. The van der Waals surface area contributed by atoms with Gasteiger partial charge >= 0.3 is 0 Å². The van der Waals surface area contributed by atoms with Crippen LogP contribution in [0.2, 0.25) is 0 Å². The van der Waals surface area contributed by atoms with E-state index in [9.17, 15) is 4.79 Å². The van der Waals surface area contributed by atoms with E-state index in [0.29, 0.717) is 5.56 Å². The quantitative estimate of drug-likeness (QED) is 0.780. The van der Waals surface area contributed by atoms with Crippen molar-refractivity contribution in [3.05, 3.63) is 45.4 Å². The fraction of sp³-hybridized carbons (Fsp3) is 0.278. The maximum absolute atomic E-state index is 12.6. The Labute approximate surface area is 135 Å². The third kappa shape index (κ3) is 3.24. The summed E-state index contributed by atoms with van der Waals surface area (Å²) in [5.41, 5.74) is 2.66. The first kappa shape index (κ1) is 15.9. The molecular formula is C18H18N2OS. The van der Waals surface area contributed by atoms with E-state index < -0.39 is 0 Å². The summed E-state index contributed by atoms with van der Waals surface area (Å²) < 4.78 is 2.14. The molecule has 0 aliphatic carbocycles. The van der Waals surface area contributed by atoms with Crippen molar-refractivity contribution < 1.29 is 4.79 Å². The molecule has 0 N–H and O–H groups in total. The molecule has 2 aromatic heterocycles. The van der Waals surface area contributed by atoms with E-state index in [1.165, 1.54) is 9.78 Å². The van der Waals surface area contributed by atoms with Gasteiger partial charge in [0.2, 0.25) is 0 Å². The molecule has 0 bridgehead atoms. The van der Waals surface area contributed by atoms with Crippen molar-refractivity contribution in [1.29, 1.82) is 0 Å². The van der Waals surface area contributed by atoms with Crippen LogP contribution >= 0.6 is 11.3 Å². The standard InChI is InChI=1S/C18H18N2OS/c1-5-9-19(10-6-2)18(21)17-12-14(3)20(15(17)4)13-16-8-7-11-22-16/h1-2,7-8,11-12H,9-10,13H2,3-4H3. The van der Waals surface area contributed by atoms with Crippen molar-refractivity contribution in [1.82, 2.24) is 9.47 Å². The Morgan fingerprint density at radius 3 is 2.55 bits per heavy atom. The second-order valence-corrected chi connectivity index (χ2v) is 6.05. The Hall–Kier alpha value is -2.43. The van der Waals surface area contributed by atoms with Crippen LogP contribution in [0.3, 0.4) is 0 Å². The lowest BCUT2D eigenvalue weighted by Crippen LogP contribution is -2.32. The van der Waals surface area contributed by atoms with Crippen LogP contribution in [-0.4, -0.2) is 28.5 Å². The molecule has 0 fully saturated rings. The van der Waals surface area contributed by atoms with Crippen molar-refractivity contribution in [3.63, 3.8) is 0 Å². The fourth-order valence-corrected chi connectivity index (χ4v) is 3.10. The van der Waals surface area contributed by atoms with Gasteiger partial charge in [-0.1, -0.05) is 17.9 Å². The summed E-state index contributed by atoms with van der Waals surface area (Å²) in [6.45, 7) is 5.17. The molecule has 2 heterocycles. The molecule has 0 aromatic carbocycles. The lowest BCUT2D eigenvalue weighted by Gasteiger charge is -2.17. The summed E-state index contributed by atoms with van der Waals surface area (Å²) in [5, 5.41) is 2.05. The number of aryl methyl sites for hydroxylation is 1. The molecular weight excluding hydrogens is 292 g/mol. The zero-order valence-electron chi connectivity index (χ0n) is 12.8. The van der Waals surface area contributed by atoms with Gasteiger partial charge in [0, 0.05) is 16.3 Å². The molecule has 2 aromatic rings. The number of aromatic nitrogens is 1. The SMILES string of the molecule is C#CCN(CC#C)C(=O)c1cc(C)n(Cc2cccs2)c1C. The minimum Gasteiger partial charge on any atom is -0.343 e. The lowest BCUT2D eigenvalue weighted by atomic mass is 10.2. The fourth-order valence-electron chi connectivity index (χ4n) is 2.41. The highest BCUT2D eigenvalue weighted by molar-refractivity contribution is 7.09. The van der Waals surface area contributed by atoms with Crippen LogP contribution in [0, 0.1) is 38.5 Å². The summed E-state index contributed by atoms with van der Waals surface area (Å²) in [7, 11) is 0. The van der Waals surface area contributed by atoms with Crippen molar-refractivity contribution in [3.8, 4) is 24.7 Å². The highest BCUT2D eigenvalue weighted by Gasteiger charge is 2.20. The predicted octanol–water partition coefficient (Wildman–Crippen LogP) is 2.92. The smallest absolute Gasteiger partial charge is 0.257 e. The molecule has 0 unspecified atom stereocenters. The molecule has 3 nitrogen and oxygen atoms in total. The Morgan fingerprint density at radius 1 is 1.32 bits per heavy atom. The topological polar surface area (TPSA) is 25.2 Å². The predicted molar refractivity (Wildman–Crippen MR) is 90.9 cm³/mol. The van der Waals surface area contributed by atoms with Gasteiger partial charge in [-0.15, -0.1) is 24.2 Å². The lowest BCUT2D eigenvalue weighted by molar-refractivity contribution is 0.0795. The number of hydrogen-bond acceptors (Lipinski definition) is 2. The van der Waals surface area contributed by atoms with E-state index in [2.05, 4.69) is 27.9 Å². The number of thiophene rings is 1. The van der Waals surface area contributed by atoms with Crippen molar-refractivity contribution in [2.75, 3.05) is 13.1 Å². The maximum atomic E-state index is 12.6. The number of nitrogens with zero attached hydrogens (tertiary/aromatic N) is 2. The molecule has 0 saturated heterocycles. The van der Waals surface area contributed by atoms with Gasteiger partial charge in [-0.25, -0.2) is 0 Å². The number of terminal acetylenes is 2. The van der Waals surface area contributed by atoms with Gasteiger partial charge in [0.25, 0.3) is 5.91 Å². The van der Waals surface area contributed by atoms with Gasteiger partial charge in [-0.2, -0.15) is 0 Å². The molecule has 0 aliphatic heterocycles. The van der Waals surface area contributed by atoms with Gasteiger partial charge in [0.1, 0.15) is 0 Å². The number of amides is 1. The number of rotatable bonds is 5. The molecule has 0 radical (unpaired) electrons. The Bertz CT molecular complexity index is 725. The van der Waals surface area contributed by atoms with Crippen LogP contribution in [0.5, 0.6) is 0 Å². The van der Waals surface area contributed by atoms with Gasteiger partial charge in [0.05, 0.1) is 25.2 Å². The third-order valence-corrected chi connectivity index (χ3v) is 4.41. The van der Waals surface area contributed by atoms with Crippen molar-refractivity contribution in [2.45, 2.75) is 20.4 Å². The van der Waals surface area contributed by atoms with Crippen LogP contribution in [0.1, 0.15) is 26.6 Å². The maximum Gasteiger partial charge on any atom is 0.257 e. The molecule has 2 rings (SSSR count). The molecule has 4 heteroatoms. The van der Waals surface area contributed by atoms with E-state index in [0.717, 1.165) is 17.9 Å². The minimum atomic E-state index is -0.110. The second-order valence-electron chi connectivity index (χ2n) is 5.02. The molecule has 112 valence electrons. The zero-order valence-corrected chi connectivity index (χ0v) is 13.6. The number of carbonyl (C=O) groups is 1. The van der Waals surface area contributed by atoms with E-state index in [4.69, 9.17) is 12.8 Å². The first-order valence-electron chi connectivity index (χ1n) is 6.93. The van der Waals surface area contributed by atoms with Gasteiger partial charge < -0.3 is 9.47 Å². The second kappa shape index (κ2) is 7.02. The molecule has 0 aliphatic rings. The van der Waals surface area contributed by atoms with Crippen LogP contribution in [-0.2, 0) is 6.54 Å². The normalized spacial score (nSPS) is 10.0. The van der Waals surface area contributed by atoms with E-state index in [-0.39, 0.29) is 19.0 Å². The molecule has 0 saturated carbocycles. The Morgan fingerprint density at radius 2 is 2.00 bits per heavy atom. The largest absolute Gasteiger partial charge is 0.343 e. The van der Waals surface area contributed by atoms with Crippen molar-refractivity contribution in [2.24, 2.45) is 0 Å². The zero-order chi connectivity index (χ0) is 16.1. The van der Waals surface area contributed by atoms with E-state index >= 15 is 0 Å². The Balaban J connectivity index is 2.31. The number of carbonyl (C=O) groups excluding carboxylic acids is 1. The van der Waals surface area contributed by atoms with Gasteiger partial charge in [-0.05, 0) is 31.4 Å². The monoisotopic (exact) mass is 310 g/mol. The van der Waals surface area contributed by atoms with Crippen LogP contribution in [0.25, 0.3) is 0 Å². The summed E-state index contributed by atoms with van der Waals surface area (Å²) in [6, 6.07) is 6.03. The molecule has 1 amide bonds. The summed E-state index contributed by atoms with van der Waals surface area (Å²) in [5.74, 6) is 4.86.